The molecule has 1 heterocycles. The van der Waals surface area contributed by atoms with E-state index in [9.17, 15) is 4.79 Å². The normalized spacial score (nSPS) is 16.8. The maximum atomic E-state index is 11.8. The number of carbonyl (C=O) groups excluding carboxylic acids is 1. The monoisotopic (exact) mass is 260 g/mol. The fraction of sp³-hybridized carbons (Fsp3) is 0.300. The number of halogens is 2. The molecule has 0 aliphatic carbocycles. The molecule has 1 aromatic rings. The minimum absolute atomic E-state index is 0.240. The van der Waals surface area contributed by atoms with Crippen molar-refractivity contribution in [3.8, 4) is 0 Å². The summed E-state index contributed by atoms with van der Waals surface area (Å²) in [5.74, 6) is 0. The van der Waals surface area contributed by atoms with E-state index in [2.05, 4.69) is 0 Å². The zero-order valence-electron chi connectivity index (χ0n) is 8.61. The summed E-state index contributed by atoms with van der Waals surface area (Å²) in [5.41, 5.74) is 0.645. The van der Waals surface area contributed by atoms with E-state index in [1.807, 2.05) is 0 Å². The molecule has 0 aromatic heterocycles. The van der Waals surface area contributed by atoms with E-state index in [-0.39, 0.29) is 6.03 Å². The summed E-state index contributed by atoms with van der Waals surface area (Å²) in [6, 6.07) is 4.80. The van der Waals surface area contributed by atoms with Gasteiger partial charge in [-0.2, -0.15) is 0 Å². The number of nitrogens with zero attached hydrogens (tertiary/aromatic N) is 2. The number of hydroxylamine groups is 2. The molecule has 16 heavy (non-hydrogen) atoms. The van der Waals surface area contributed by atoms with Crippen molar-refractivity contribution < 1.29 is 9.63 Å². The van der Waals surface area contributed by atoms with E-state index >= 15 is 0 Å². The van der Waals surface area contributed by atoms with Crippen molar-refractivity contribution in [1.82, 2.24) is 5.06 Å². The third kappa shape index (κ3) is 2.09. The van der Waals surface area contributed by atoms with Crippen molar-refractivity contribution in [2.24, 2.45) is 0 Å². The first-order chi connectivity index (χ1) is 7.59. The van der Waals surface area contributed by atoms with Gasteiger partial charge in [-0.15, -0.1) is 0 Å². The Balaban J connectivity index is 2.32. The molecule has 2 rings (SSSR count). The van der Waals surface area contributed by atoms with Crippen molar-refractivity contribution in [1.29, 1.82) is 0 Å². The molecule has 0 bridgehead atoms. The fourth-order valence-electron chi connectivity index (χ4n) is 1.51. The van der Waals surface area contributed by atoms with Gasteiger partial charge >= 0.3 is 6.03 Å². The first kappa shape index (κ1) is 11.5. The van der Waals surface area contributed by atoms with Gasteiger partial charge in [-0.25, -0.2) is 9.86 Å². The highest BCUT2D eigenvalue weighted by Crippen LogP contribution is 2.30. The topological polar surface area (TPSA) is 32.8 Å². The lowest BCUT2D eigenvalue weighted by Gasteiger charge is -2.32. The third-order valence-corrected chi connectivity index (χ3v) is 2.84. The maximum absolute atomic E-state index is 11.8. The van der Waals surface area contributed by atoms with Gasteiger partial charge in [0, 0.05) is 12.1 Å². The number of hydrogen-bond donors (Lipinski definition) is 0. The molecule has 0 atom stereocenters. The highest BCUT2D eigenvalue weighted by atomic mass is 35.5. The van der Waals surface area contributed by atoms with Crippen LogP contribution in [0.4, 0.5) is 10.5 Å². The Morgan fingerprint density at radius 1 is 1.38 bits per heavy atom. The molecule has 86 valence electrons. The van der Waals surface area contributed by atoms with Gasteiger partial charge in [0.15, 0.2) is 0 Å². The molecule has 0 N–H and O–H groups in total. The van der Waals surface area contributed by atoms with Crippen molar-refractivity contribution in [3.63, 3.8) is 0 Å². The van der Waals surface area contributed by atoms with Gasteiger partial charge < -0.3 is 0 Å². The molecule has 2 amide bonds. The van der Waals surface area contributed by atoms with E-state index in [0.717, 1.165) is 0 Å². The molecular weight excluding hydrogens is 251 g/mol. The van der Waals surface area contributed by atoms with E-state index in [1.165, 1.54) is 5.06 Å². The van der Waals surface area contributed by atoms with E-state index in [4.69, 9.17) is 28.0 Å². The fourth-order valence-corrected chi connectivity index (χ4v) is 2.02. The lowest BCUT2D eigenvalue weighted by atomic mass is 10.3. The van der Waals surface area contributed by atoms with Crippen molar-refractivity contribution in [3.05, 3.63) is 28.2 Å². The van der Waals surface area contributed by atoms with Gasteiger partial charge in [-0.1, -0.05) is 23.2 Å². The van der Waals surface area contributed by atoms with Crippen molar-refractivity contribution in [2.45, 2.75) is 0 Å². The van der Waals surface area contributed by atoms with Crippen LogP contribution in [0, 0.1) is 0 Å². The van der Waals surface area contributed by atoms with Crippen LogP contribution < -0.4 is 4.90 Å². The first-order valence-electron chi connectivity index (χ1n) is 4.73. The molecule has 4 nitrogen and oxygen atoms in total. The number of benzene rings is 1. The summed E-state index contributed by atoms with van der Waals surface area (Å²) in [6.07, 6.45) is 0. The molecule has 1 aliphatic rings. The minimum Gasteiger partial charge on any atom is -0.289 e. The van der Waals surface area contributed by atoms with Gasteiger partial charge in [0.25, 0.3) is 0 Å². The number of rotatable bonds is 1. The largest absolute Gasteiger partial charge is 0.348 e. The summed E-state index contributed by atoms with van der Waals surface area (Å²) in [5, 5.41) is 2.19. The molecular formula is C10H10Cl2N2O2. The van der Waals surface area contributed by atoms with Crippen LogP contribution in [-0.2, 0) is 4.84 Å². The van der Waals surface area contributed by atoms with Crippen LogP contribution in [0.15, 0.2) is 18.2 Å². The van der Waals surface area contributed by atoms with Gasteiger partial charge in [-0.05, 0) is 18.2 Å². The number of anilines is 1. The molecule has 0 spiro atoms. The van der Waals surface area contributed by atoms with Crippen LogP contribution in [-0.4, -0.2) is 31.3 Å². The van der Waals surface area contributed by atoms with Crippen LogP contribution >= 0.6 is 23.2 Å². The third-order valence-electron chi connectivity index (χ3n) is 2.30. The summed E-state index contributed by atoms with van der Waals surface area (Å²) < 4.78 is 0. The Bertz CT molecular complexity index is 425. The molecule has 1 aromatic carbocycles. The second kappa shape index (κ2) is 4.49. The van der Waals surface area contributed by atoms with Crippen LogP contribution in [0.25, 0.3) is 0 Å². The summed E-state index contributed by atoms with van der Waals surface area (Å²) in [4.78, 5) is 18.4. The standard InChI is InChI=1S/C10H10Cl2N2O2/c1-13-10(15)14(4-5-16-13)9-3-2-7(11)6-8(9)12/h2-3,6H,4-5H2,1H3. The van der Waals surface area contributed by atoms with Gasteiger partial charge in [0.05, 0.1) is 23.9 Å². The van der Waals surface area contributed by atoms with Crippen molar-refractivity contribution >= 4 is 34.9 Å². The number of carbonyl (C=O) groups is 1. The number of urea groups is 1. The van der Waals surface area contributed by atoms with Crippen LogP contribution in [0.2, 0.25) is 10.0 Å². The summed E-state index contributed by atoms with van der Waals surface area (Å²) >= 11 is 11.8. The average molecular weight is 261 g/mol. The zero-order chi connectivity index (χ0) is 11.7. The van der Waals surface area contributed by atoms with E-state index < -0.39 is 0 Å². The average Bonchev–Trinajstić information content (AvgIpc) is 2.23. The van der Waals surface area contributed by atoms with E-state index in [1.54, 1.807) is 30.1 Å². The quantitative estimate of drug-likeness (QED) is 0.778. The lowest BCUT2D eigenvalue weighted by molar-refractivity contribution is -0.105. The molecule has 0 radical (unpaired) electrons. The maximum Gasteiger partial charge on any atom is 0.348 e. The van der Waals surface area contributed by atoms with Gasteiger partial charge in [0.2, 0.25) is 0 Å². The number of amides is 2. The molecule has 1 saturated heterocycles. The summed E-state index contributed by atoms with van der Waals surface area (Å²) in [7, 11) is 1.57. The highest BCUT2D eigenvalue weighted by molar-refractivity contribution is 6.36. The molecule has 0 saturated carbocycles. The molecule has 1 fully saturated rings. The SMILES string of the molecule is CN1OCCN(c2ccc(Cl)cc2Cl)C1=O. The molecule has 6 heteroatoms. The molecule has 1 aliphatic heterocycles. The Labute approximate surface area is 103 Å². The zero-order valence-corrected chi connectivity index (χ0v) is 10.1. The second-order valence-corrected chi connectivity index (χ2v) is 4.20. The Kier molecular flexibility index (Phi) is 3.23. The predicted octanol–water partition coefficient (Wildman–Crippen LogP) is 2.80. The minimum atomic E-state index is -0.240. The predicted molar refractivity (Wildman–Crippen MR) is 62.9 cm³/mol. The highest BCUT2D eigenvalue weighted by Gasteiger charge is 2.26. The Morgan fingerprint density at radius 3 is 2.81 bits per heavy atom. The molecule has 0 unspecified atom stereocenters. The Morgan fingerprint density at radius 2 is 2.12 bits per heavy atom. The number of hydrogen-bond acceptors (Lipinski definition) is 2. The van der Waals surface area contributed by atoms with Gasteiger partial charge in [-0.3, -0.25) is 9.74 Å². The van der Waals surface area contributed by atoms with Crippen LogP contribution in [0.3, 0.4) is 0 Å². The van der Waals surface area contributed by atoms with Crippen LogP contribution in [0.1, 0.15) is 0 Å². The Hall–Kier alpha value is -0.970. The van der Waals surface area contributed by atoms with Crippen molar-refractivity contribution in [2.75, 3.05) is 25.1 Å². The first-order valence-corrected chi connectivity index (χ1v) is 5.48. The smallest absolute Gasteiger partial charge is 0.289 e. The van der Waals surface area contributed by atoms with Crippen LogP contribution in [0.5, 0.6) is 0 Å². The van der Waals surface area contributed by atoms with Gasteiger partial charge in [0.1, 0.15) is 0 Å². The lowest BCUT2D eigenvalue weighted by Crippen LogP contribution is -2.48. The summed E-state index contributed by atoms with van der Waals surface area (Å²) in [6.45, 7) is 0.922. The van der Waals surface area contributed by atoms with E-state index in [0.29, 0.717) is 28.9 Å². The second-order valence-electron chi connectivity index (χ2n) is 3.36.